The average molecular weight is 481 g/mol. The summed E-state index contributed by atoms with van der Waals surface area (Å²) in [4.78, 5) is 17.1. The van der Waals surface area contributed by atoms with Crippen LogP contribution in [0, 0.1) is 12.8 Å². The Morgan fingerprint density at radius 2 is 1.78 bits per heavy atom. The molecule has 0 unspecified atom stereocenters. The van der Waals surface area contributed by atoms with E-state index < -0.39 is 10.0 Å². The third kappa shape index (κ3) is 5.02. The SMILES string of the molecule is CCC(CC)(CNC(=O)C1CCN(S(=O)(=O)c2cn(C)c(C)n2)CC1)c1ccc(Cl)cc1. The van der Waals surface area contributed by atoms with Gasteiger partial charge in [0.25, 0.3) is 10.0 Å². The zero-order valence-electron chi connectivity index (χ0n) is 19.3. The van der Waals surface area contributed by atoms with Crippen molar-refractivity contribution in [3.8, 4) is 0 Å². The number of rotatable bonds is 8. The van der Waals surface area contributed by atoms with Crippen LogP contribution in [0.5, 0.6) is 0 Å². The van der Waals surface area contributed by atoms with E-state index in [2.05, 4.69) is 24.1 Å². The molecule has 1 aromatic heterocycles. The molecular formula is C23H33ClN4O3S. The normalized spacial score (nSPS) is 16.3. The van der Waals surface area contributed by atoms with Crippen molar-refractivity contribution in [3.63, 3.8) is 0 Å². The molecule has 1 aromatic carbocycles. The lowest BCUT2D eigenvalue weighted by atomic mass is 9.75. The number of aromatic nitrogens is 2. The van der Waals surface area contributed by atoms with Crippen molar-refractivity contribution in [1.29, 1.82) is 0 Å². The molecule has 7 nitrogen and oxygen atoms in total. The Bertz CT molecular complexity index is 1020. The molecule has 0 bridgehead atoms. The van der Waals surface area contributed by atoms with Crippen LogP contribution in [0.3, 0.4) is 0 Å². The molecule has 0 atom stereocenters. The Kier molecular flexibility index (Phi) is 7.68. The molecule has 0 aliphatic carbocycles. The molecule has 2 aromatic rings. The standard InChI is InChI=1S/C23H33ClN4O3S/c1-5-23(6-2,19-7-9-20(24)10-8-19)16-25-22(29)18-11-13-28(14-12-18)32(30,31)21-15-27(4)17(3)26-21/h7-10,15,18H,5-6,11-14,16H2,1-4H3,(H,25,29). The minimum Gasteiger partial charge on any atom is -0.355 e. The minimum atomic E-state index is -3.64. The summed E-state index contributed by atoms with van der Waals surface area (Å²) in [6, 6.07) is 7.84. The molecule has 9 heteroatoms. The van der Waals surface area contributed by atoms with Gasteiger partial charge in [0.2, 0.25) is 5.91 Å². The zero-order valence-corrected chi connectivity index (χ0v) is 20.8. The molecule has 0 saturated carbocycles. The average Bonchev–Trinajstić information content (AvgIpc) is 3.14. The van der Waals surface area contributed by atoms with Gasteiger partial charge in [0.1, 0.15) is 5.82 Å². The van der Waals surface area contributed by atoms with Crippen molar-refractivity contribution in [1.82, 2.24) is 19.2 Å². The number of nitrogens with one attached hydrogen (secondary N) is 1. The molecule has 0 radical (unpaired) electrons. The summed E-state index contributed by atoms with van der Waals surface area (Å²) in [5, 5.41) is 3.91. The van der Waals surface area contributed by atoms with Gasteiger partial charge in [-0.3, -0.25) is 4.79 Å². The summed E-state index contributed by atoms with van der Waals surface area (Å²) in [5.41, 5.74) is 1.01. The third-order valence-electron chi connectivity index (χ3n) is 6.93. The predicted molar refractivity (Wildman–Crippen MR) is 126 cm³/mol. The Hall–Kier alpha value is -1.90. The minimum absolute atomic E-state index is 0.00373. The molecular weight excluding hydrogens is 448 g/mol. The first-order valence-corrected chi connectivity index (χ1v) is 13.0. The molecule has 32 heavy (non-hydrogen) atoms. The number of hydrogen-bond donors (Lipinski definition) is 1. The Labute approximate surface area is 196 Å². The van der Waals surface area contributed by atoms with Crippen molar-refractivity contribution in [2.45, 2.75) is 56.9 Å². The van der Waals surface area contributed by atoms with E-state index >= 15 is 0 Å². The Balaban J connectivity index is 1.61. The topological polar surface area (TPSA) is 84.3 Å². The highest BCUT2D eigenvalue weighted by atomic mass is 35.5. The van der Waals surface area contributed by atoms with Crippen LogP contribution in [0.2, 0.25) is 5.02 Å². The van der Waals surface area contributed by atoms with Gasteiger partial charge in [-0.1, -0.05) is 37.6 Å². The predicted octanol–water partition coefficient (Wildman–Crippen LogP) is 3.66. The highest BCUT2D eigenvalue weighted by Crippen LogP contribution is 2.32. The first-order valence-electron chi connectivity index (χ1n) is 11.2. The second kappa shape index (κ2) is 9.93. The summed E-state index contributed by atoms with van der Waals surface area (Å²) in [7, 11) is -1.86. The summed E-state index contributed by atoms with van der Waals surface area (Å²) in [6.07, 6.45) is 4.33. The number of nitrogens with zero attached hydrogens (tertiary/aromatic N) is 3. The lowest BCUT2D eigenvalue weighted by molar-refractivity contribution is -0.126. The van der Waals surface area contributed by atoms with Gasteiger partial charge in [0, 0.05) is 49.2 Å². The highest BCUT2D eigenvalue weighted by Gasteiger charge is 2.35. The number of carbonyl (C=O) groups excluding carboxylic acids is 1. The van der Waals surface area contributed by atoms with E-state index in [0.29, 0.717) is 43.3 Å². The van der Waals surface area contributed by atoms with Gasteiger partial charge in [-0.2, -0.15) is 4.31 Å². The molecule has 1 fully saturated rings. The molecule has 1 N–H and O–H groups in total. The summed E-state index contributed by atoms with van der Waals surface area (Å²) in [6.45, 7) is 7.22. The van der Waals surface area contributed by atoms with Crippen LogP contribution in [-0.4, -0.2) is 47.8 Å². The van der Waals surface area contributed by atoms with Gasteiger partial charge < -0.3 is 9.88 Å². The molecule has 1 aliphatic rings. The molecule has 0 spiro atoms. The van der Waals surface area contributed by atoms with Gasteiger partial charge in [-0.05, 0) is 50.3 Å². The number of carbonyl (C=O) groups is 1. The lowest BCUT2D eigenvalue weighted by Gasteiger charge is -2.34. The highest BCUT2D eigenvalue weighted by molar-refractivity contribution is 7.89. The number of amides is 1. The quantitative estimate of drug-likeness (QED) is 0.624. The van der Waals surface area contributed by atoms with Crippen molar-refractivity contribution < 1.29 is 13.2 Å². The maximum Gasteiger partial charge on any atom is 0.262 e. The maximum absolute atomic E-state index is 12.9. The molecule has 1 amide bonds. The third-order valence-corrected chi connectivity index (χ3v) is 8.95. The van der Waals surface area contributed by atoms with Crippen molar-refractivity contribution in [2.24, 2.45) is 13.0 Å². The molecule has 2 heterocycles. The number of hydrogen-bond acceptors (Lipinski definition) is 4. The summed E-state index contributed by atoms with van der Waals surface area (Å²) < 4.78 is 28.9. The van der Waals surface area contributed by atoms with E-state index in [9.17, 15) is 13.2 Å². The smallest absolute Gasteiger partial charge is 0.262 e. The van der Waals surface area contributed by atoms with E-state index in [1.54, 1.807) is 18.5 Å². The summed E-state index contributed by atoms with van der Waals surface area (Å²) >= 11 is 6.05. The van der Waals surface area contributed by atoms with Crippen LogP contribution in [0.1, 0.15) is 50.9 Å². The number of benzene rings is 1. The maximum atomic E-state index is 12.9. The van der Waals surface area contributed by atoms with Crippen molar-refractivity contribution in [3.05, 3.63) is 46.9 Å². The summed E-state index contributed by atoms with van der Waals surface area (Å²) in [5.74, 6) is 0.452. The number of piperidine rings is 1. The fourth-order valence-electron chi connectivity index (χ4n) is 4.36. The van der Waals surface area contributed by atoms with Crippen LogP contribution < -0.4 is 5.32 Å². The lowest BCUT2D eigenvalue weighted by Crippen LogP contribution is -2.46. The number of sulfonamides is 1. The molecule has 1 saturated heterocycles. The van der Waals surface area contributed by atoms with Gasteiger partial charge in [0.05, 0.1) is 0 Å². The monoisotopic (exact) mass is 480 g/mol. The Morgan fingerprint density at radius 1 is 1.19 bits per heavy atom. The zero-order chi connectivity index (χ0) is 23.5. The fourth-order valence-corrected chi connectivity index (χ4v) is 5.98. The first kappa shape index (κ1) is 24.7. The van der Waals surface area contributed by atoms with Crippen LogP contribution in [-0.2, 0) is 27.3 Å². The van der Waals surface area contributed by atoms with Gasteiger partial charge >= 0.3 is 0 Å². The molecule has 1 aliphatic heterocycles. The van der Waals surface area contributed by atoms with Crippen LogP contribution >= 0.6 is 11.6 Å². The van der Waals surface area contributed by atoms with Crippen molar-refractivity contribution >= 4 is 27.5 Å². The van der Waals surface area contributed by atoms with Crippen LogP contribution in [0.4, 0.5) is 0 Å². The van der Waals surface area contributed by atoms with Gasteiger partial charge in [-0.15, -0.1) is 0 Å². The second-order valence-corrected chi connectivity index (χ2v) is 10.9. The largest absolute Gasteiger partial charge is 0.355 e. The van der Waals surface area contributed by atoms with E-state index in [1.807, 2.05) is 24.3 Å². The van der Waals surface area contributed by atoms with Crippen LogP contribution in [0.15, 0.2) is 35.5 Å². The van der Waals surface area contributed by atoms with E-state index in [0.717, 1.165) is 12.8 Å². The van der Waals surface area contributed by atoms with Gasteiger partial charge in [-0.25, -0.2) is 13.4 Å². The fraction of sp³-hybridized carbons (Fsp3) is 0.565. The first-order chi connectivity index (χ1) is 15.1. The van der Waals surface area contributed by atoms with E-state index in [1.165, 1.54) is 16.1 Å². The van der Waals surface area contributed by atoms with Crippen molar-refractivity contribution in [2.75, 3.05) is 19.6 Å². The van der Waals surface area contributed by atoms with Gasteiger partial charge in [0.15, 0.2) is 5.03 Å². The number of imidazole rings is 1. The van der Waals surface area contributed by atoms with Crippen LogP contribution in [0.25, 0.3) is 0 Å². The molecule has 176 valence electrons. The number of halogens is 1. The second-order valence-electron chi connectivity index (χ2n) is 8.63. The van der Waals surface area contributed by atoms with E-state index in [-0.39, 0.29) is 22.3 Å². The molecule has 3 rings (SSSR count). The Morgan fingerprint density at radius 3 is 2.28 bits per heavy atom. The number of aryl methyl sites for hydroxylation is 2. The van der Waals surface area contributed by atoms with E-state index in [4.69, 9.17) is 11.6 Å².